The molecular weight excluding hydrogens is 460 g/mol. The van der Waals surface area contributed by atoms with Crippen LogP contribution in [0.1, 0.15) is 86.4 Å². The minimum Gasteiger partial charge on any atom is -0.444 e. The van der Waals surface area contributed by atoms with E-state index in [4.69, 9.17) is 4.74 Å². The number of anilines is 1. The first-order valence-electron chi connectivity index (χ1n) is 13.0. The van der Waals surface area contributed by atoms with Crippen molar-refractivity contribution in [3.63, 3.8) is 0 Å². The molecule has 0 bridgehead atoms. The SMILES string of the molecule is CN(C(=O)OC(C)(C)C)[C@H]1CC[C@H](CCNc2cccc3c2C(=O)N(C2CCC(=O)NC2)C3=O)CC1. The third kappa shape index (κ3) is 5.65. The van der Waals surface area contributed by atoms with E-state index in [1.807, 2.05) is 33.9 Å². The number of amides is 4. The van der Waals surface area contributed by atoms with Crippen LogP contribution in [0.15, 0.2) is 18.2 Å². The minimum absolute atomic E-state index is 0.0456. The van der Waals surface area contributed by atoms with Crippen LogP contribution in [0.3, 0.4) is 0 Å². The number of nitrogens with zero attached hydrogens (tertiary/aromatic N) is 2. The number of benzene rings is 1. The summed E-state index contributed by atoms with van der Waals surface area (Å²) < 4.78 is 5.50. The molecule has 1 unspecified atom stereocenters. The topological polar surface area (TPSA) is 108 Å². The highest BCUT2D eigenvalue weighted by Crippen LogP contribution is 2.33. The van der Waals surface area contributed by atoms with E-state index in [9.17, 15) is 19.2 Å². The Labute approximate surface area is 212 Å². The van der Waals surface area contributed by atoms with Crippen LogP contribution in [0.2, 0.25) is 0 Å². The van der Waals surface area contributed by atoms with Gasteiger partial charge in [-0.05, 0) is 77.3 Å². The van der Waals surface area contributed by atoms with E-state index < -0.39 is 5.60 Å². The molecule has 2 aliphatic heterocycles. The summed E-state index contributed by atoms with van der Waals surface area (Å²) in [6, 6.07) is 5.24. The summed E-state index contributed by atoms with van der Waals surface area (Å²) in [6.45, 7) is 6.64. The maximum atomic E-state index is 13.2. The van der Waals surface area contributed by atoms with Crippen molar-refractivity contribution in [2.24, 2.45) is 5.92 Å². The molecule has 1 atom stereocenters. The Morgan fingerprint density at radius 1 is 1.11 bits per heavy atom. The largest absolute Gasteiger partial charge is 0.444 e. The summed E-state index contributed by atoms with van der Waals surface area (Å²) in [5.74, 6) is -0.0786. The Kier molecular flexibility index (Phi) is 7.57. The van der Waals surface area contributed by atoms with E-state index in [1.165, 1.54) is 4.90 Å². The van der Waals surface area contributed by atoms with E-state index in [-0.39, 0.29) is 35.9 Å². The number of imide groups is 1. The van der Waals surface area contributed by atoms with E-state index in [1.54, 1.807) is 17.0 Å². The molecule has 4 amide bonds. The quantitative estimate of drug-likeness (QED) is 0.578. The molecule has 0 aromatic heterocycles. The molecule has 4 rings (SSSR count). The van der Waals surface area contributed by atoms with Gasteiger partial charge in [0.2, 0.25) is 5.91 Å². The number of fused-ring (bicyclic) bond motifs is 1. The van der Waals surface area contributed by atoms with E-state index in [0.29, 0.717) is 48.7 Å². The molecule has 9 heteroatoms. The highest BCUT2D eigenvalue weighted by atomic mass is 16.6. The van der Waals surface area contributed by atoms with E-state index in [2.05, 4.69) is 10.6 Å². The van der Waals surface area contributed by atoms with Crippen LogP contribution in [0.5, 0.6) is 0 Å². The monoisotopic (exact) mass is 498 g/mol. The summed E-state index contributed by atoms with van der Waals surface area (Å²) in [7, 11) is 1.82. The molecule has 1 aliphatic carbocycles. The molecule has 2 heterocycles. The van der Waals surface area contributed by atoms with Crippen molar-refractivity contribution in [2.75, 3.05) is 25.5 Å². The fourth-order valence-corrected chi connectivity index (χ4v) is 5.44. The second kappa shape index (κ2) is 10.5. The predicted molar refractivity (Wildman–Crippen MR) is 136 cm³/mol. The molecule has 9 nitrogen and oxygen atoms in total. The van der Waals surface area contributed by atoms with Crippen molar-refractivity contribution in [2.45, 2.75) is 83.4 Å². The number of hydrogen-bond acceptors (Lipinski definition) is 6. The zero-order valence-electron chi connectivity index (χ0n) is 21.8. The molecule has 0 spiro atoms. The zero-order valence-corrected chi connectivity index (χ0v) is 21.8. The van der Waals surface area contributed by atoms with Crippen LogP contribution >= 0.6 is 0 Å². The highest BCUT2D eigenvalue weighted by molar-refractivity contribution is 6.24. The minimum atomic E-state index is -0.499. The Hall–Kier alpha value is -3.10. The van der Waals surface area contributed by atoms with Crippen molar-refractivity contribution >= 4 is 29.5 Å². The third-order valence-corrected chi connectivity index (χ3v) is 7.46. The summed E-state index contributed by atoms with van der Waals surface area (Å²) in [6.07, 6.45) is 5.45. The molecule has 1 aromatic carbocycles. The van der Waals surface area contributed by atoms with E-state index in [0.717, 1.165) is 32.1 Å². The van der Waals surface area contributed by atoms with Crippen LogP contribution in [0, 0.1) is 5.92 Å². The molecule has 36 heavy (non-hydrogen) atoms. The van der Waals surface area contributed by atoms with Crippen LogP contribution in [-0.2, 0) is 9.53 Å². The average Bonchev–Trinajstić information content (AvgIpc) is 3.09. The summed E-state index contributed by atoms with van der Waals surface area (Å²) in [4.78, 5) is 53.2. The first-order valence-corrected chi connectivity index (χ1v) is 13.0. The van der Waals surface area contributed by atoms with Crippen molar-refractivity contribution < 1.29 is 23.9 Å². The molecule has 1 aromatic rings. The Bertz CT molecular complexity index is 1020. The van der Waals surface area contributed by atoms with Gasteiger partial charge in [0.15, 0.2) is 0 Å². The predicted octanol–water partition coefficient (Wildman–Crippen LogP) is 3.79. The number of piperidine rings is 1. The lowest BCUT2D eigenvalue weighted by atomic mass is 9.83. The second-order valence-electron chi connectivity index (χ2n) is 11.2. The fraction of sp³-hybridized carbons (Fsp3) is 0.630. The summed E-state index contributed by atoms with van der Waals surface area (Å²) in [5.41, 5.74) is 1.04. The van der Waals surface area contributed by atoms with Gasteiger partial charge in [0.1, 0.15) is 5.60 Å². The molecule has 1 saturated carbocycles. The third-order valence-electron chi connectivity index (χ3n) is 7.46. The van der Waals surface area contributed by atoms with Gasteiger partial charge >= 0.3 is 6.09 Å². The van der Waals surface area contributed by atoms with Gasteiger partial charge in [-0.25, -0.2) is 4.79 Å². The Balaban J connectivity index is 1.29. The molecule has 2 fully saturated rings. The highest BCUT2D eigenvalue weighted by Gasteiger charge is 2.42. The molecule has 196 valence electrons. The van der Waals surface area contributed by atoms with Gasteiger partial charge in [-0.15, -0.1) is 0 Å². The molecule has 3 aliphatic rings. The number of carbonyl (C=O) groups excluding carboxylic acids is 4. The lowest BCUT2D eigenvalue weighted by Crippen LogP contribution is -2.50. The molecule has 2 N–H and O–H groups in total. The molecule has 1 saturated heterocycles. The molecular formula is C27H38N4O5. The van der Waals surface area contributed by atoms with Gasteiger partial charge in [0.05, 0.1) is 17.2 Å². The number of hydrogen-bond donors (Lipinski definition) is 2. The fourth-order valence-electron chi connectivity index (χ4n) is 5.44. The van der Waals surface area contributed by atoms with Gasteiger partial charge in [-0.3, -0.25) is 19.3 Å². The van der Waals surface area contributed by atoms with Gasteiger partial charge in [0, 0.05) is 38.3 Å². The summed E-state index contributed by atoms with van der Waals surface area (Å²) >= 11 is 0. The Morgan fingerprint density at radius 3 is 2.47 bits per heavy atom. The van der Waals surface area contributed by atoms with Gasteiger partial charge in [0.25, 0.3) is 11.8 Å². The smallest absolute Gasteiger partial charge is 0.410 e. The maximum absolute atomic E-state index is 13.2. The molecule has 0 radical (unpaired) electrons. The first-order chi connectivity index (χ1) is 17.0. The Morgan fingerprint density at radius 2 is 1.83 bits per heavy atom. The van der Waals surface area contributed by atoms with Crippen molar-refractivity contribution in [1.29, 1.82) is 0 Å². The first kappa shape index (κ1) is 26.0. The number of ether oxygens (including phenoxy) is 1. The van der Waals surface area contributed by atoms with Crippen LogP contribution < -0.4 is 10.6 Å². The van der Waals surface area contributed by atoms with Crippen molar-refractivity contribution in [1.82, 2.24) is 15.1 Å². The number of rotatable bonds is 6. The van der Waals surface area contributed by atoms with Crippen LogP contribution in [0.25, 0.3) is 0 Å². The van der Waals surface area contributed by atoms with Crippen LogP contribution in [-0.4, -0.2) is 71.4 Å². The number of nitrogens with one attached hydrogen (secondary N) is 2. The number of carbonyl (C=O) groups is 4. The van der Waals surface area contributed by atoms with Crippen LogP contribution in [0.4, 0.5) is 10.5 Å². The lowest BCUT2D eigenvalue weighted by molar-refractivity contribution is -0.123. The van der Waals surface area contributed by atoms with Crippen molar-refractivity contribution in [3.8, 4) is 0 Å². The van der Waals surface area contributed by atoms with Crippen molar-refractivity contribution in [3.05, 3.63) is 29.3 Å². The van der Waals surface area contributed by atoms with Gasteiger partial charge in [-0.1, -0.05) is 6.07 Å². The van der Waals surface area contributed by atoms with Gasteiger partial charge < -0.3 is 20.3 Å². The average molecular weight is 499 g/mol. The summed E-state index contributed by atoms with van der Waals surface area (Å²) in [5, 5.41) is 6.16. The lowest BCUT2D eigenvalue weighted by Gasteiger charge is -2.35. The normalized spacial score (nSPS) is 24.3. The van der Waals surface area contributed by atoms with E-state index >= 15 is 0 Å². The van der Waals surface area contributed by atoms with Gasteiger partial charge in [-0.2, -0.15) is 0 Å². The standard InChI is InChI=1S/C27H38N4O5/c1-27(2,3)36-26(35)30(4)18-10-8-17(9-11-18)14-15-28-21-7-5-6-20-23(21)25(34)31(24(20)33)19-12-13-22(32)29-16-19/h5-7,17-19,28H,8-16H2,1-4H3,(H,29,32)/t17-,18-,19?. The second-order valence-corrected chi connectivity index (χ2v) is 11.2. The zero-order chi connectivity index (χ0) is 26.0. The maximum Gasteiger partial charge on any atom is 0.410 e.